The first-order chi connectivity index (χ1) is 7.80. The van der Waals surface area contributed by atoms with E-state index >= 15 is 0 Å². The molecule has 0 heterocycles. The zero-order chi connectivity index (χ0) is 13.2. The average Bonchev–Trinajstić information content (AvgIpc) is 2.45. The van der Waals surface area contributed by atoms with E-state index in [-0.39, 0.29) is 17.1 Å². The lowest BCUT2D eigenvalue weighted by atomic mass is 9.73. The maximum Gasteiger partial charge on any atom is 0.135 e. The second kappa shape index (κ2) is 5.34. The molecular formula is C15H26O2. The molecule has 1 aliphatic carbocycles. The van der Waals surface area contributed by atoms with Gasteiger partial charge in [-0.05, 0) is 44.4 Å². The molecule has 0 radical (unpaired) electrons. The second-order valence-corrected chi connectivity index (χ2v) is 5.97. The minimum atomic E-state index is -0.485. The van der Waals surface area contributed by atoms with Crippen LogP contribution in [0.25, 0.3) is 0 Å². The molecule has 1 N–H and O–H groups in total. The van der Waals surface area contributed by atoms with Gasteiger partial charge >= 0.3 is 0 Å². The molecule has 0 saturated carbocycles. The van der Waals surface area contributed by atoms with Crippen LogP contribution >= 0.6 is 0 Å². The fraction of sp³-hybridized carbons (Fsp3) is 0.800. The third-order valence-corrected chi connectivity index (χ3v) is 4.70. The summed E-state index contributed by atoms with van der Waals surface area (Å²) in [5.74, 6) is 0.387. The predicted octanol–water partition coefficient (Wildman–Crippen LogP) is 3.35. The zero-order valence-electron chi connectivity index (χ0n) is 11.8. The highest BCUT2D eigenvalue weighted by molar-refractivity contribution is 5.78. The van der Waals surface area contributed by atoms with Gasteiger partial charge in [-0.2, -0.15) is 0 Å². The Labute approximate surface area is 105 Å². The number of hydrogen-bond acceptors (Lipinski definition) is 2. The highest BCUT2D eigenvalue weighted by Crippen LogP contribution is 2.45. The number of ketones is 1. The third-order valence-electron chi connectivity index (χ3n) is 4.70. The summed E-state index contributed by atoms with van der Waals surface area (Å²) in [6.45, 7) is 10.2. The first kappa shape index (κ1) is 14.4. The fourth-order valence-corrected chi connectivity index (χ4v) is 2.88. The van der Waals surface area contributed by atoms with Crippen LogP contribution in [0.4, 0.5) is 0 Å². The van der Waals surface area contributed by atoms with Crippen molar-refractivity contribution in [2.45, 2.75) is 60.0 Å². The van der Waals surface area contributed by atoms with Crippen LogP contribution in [-0.4, -0.2) is 17.0 Å². The minimum absolute atomic E-state index is 0.112. The van der Waals surface area contributed by atoms with Crippen LogP contribution in [-0.2, 0) is 4.79 Å². The van der Waals surface area contributed by atoms with Crippen molar-refractivity contribution in [1.82, 2.24) is 0 Å². The molecule has 2 heteroatoms. The Hall–Kier alpha value is -0.630. The van der Waals surface area contributed by atoms with Gasteiger partial charge in [-0.15, -0.1) is 0 Å². The minimum Gasteiger partial charge on any atom is -0.392 e. The summed E-state index contributed by atoms with van der Waals surface area (Å²) in [4.78, 5) is 11.4. The van der Waals surface area contributed by atoms with Gasteiger partial charge in [0.2, 0.25) is 0 Å². The number of hydrogen-bond donors (Lipinski definition) is 1. The molecule has 1 aliphatic rings. The van der Waals surface area contributed by atoms with Crippen LogP contribution in [0.1, 0.15) is 53.9 Å². The van der Waals surface area contributed by atoms with E-state index in [1.165, 1.54) is 5.57 Å². The highest BCUT2D eigenvalue weighted by Gasteiger charge is 2.37. The van der Waals surface area contributed by atoms with Crippen LogP contribution in [0.2, 0.25) is 0 Å². The van der Waals surface area contributed by atoms with Gasteiger partial charge in [0, 0.05) is 5.92 Å². The van der Waals surface area contributed by atoms with Crippen LogP contribution in [0.15, 0.2) is 11.6 Å². The second-order valence-electron chi connectivity index (χ2n) is 5.97. The molecule has 1 rings (SSSR count). The molecule has 17 heavy (non-hydrogen) atoms. The maximum atomic E-state index is 11.4. The van der Waals surface area contributed by atoms with Gasteiger partial charge in [0.05, 0.1) is 6.10 Å². The summed E-state index contributed by atoms with van der Waals surface area (Å²) in [7, 11) is 0. The monoisotopic (exact) mass is 238 g/mol. The van der Waals surface area contributed by atoms with E-state index in [9.17, 15) is 9.90 Å². The summed E-state index contributed by atoms with van der Waals surface area (Å²) in [6, 6.07) is 0. The Kier molecular flexibility index (Phi) is 4.54. The molecule has 0 aromatic heterocycles. The van der Waals surface area contributed by atoms with Crippen LogP contribution in [0, 0.1) is 17.3 Å². The molecule has 2 unspecified atom stereocenters. The standard InChI is InChI=1S/C15H26O2/c1-6-13(11(3)16)14(17)9-12-8-7-10(2)15(12,4)5/h7,12-14,17H,6,8-9H2,1-5H3/t12-,13?,14?/m1/s1. The molecule has 0 saturated heterocycles. The number of aliphatic hydroxyl groups excluding tert-OH is 1. The molecule has 0 aliphatic heterocycles. The number of Topliss-reactive ketones (excluding diaryl/α,β-unsaturated/α-hetero) is 1. The van der Waals surface area contributed by atoms with Gasteiger partial charge in [-0.25, -0.2) is 0 Å². The van der Waals surface area contributed by atoms with Crippen molar-refractivity contribution in [3.63, 3.8) is 0 Å². The Morgan fingerprint density at radius 1 is 1.59 bits per heavy atom. The topological polar surface area (TPSA) is 37.3 Å². The molecule has 2 nitrogen and oxygen atoms in total. The molecule has 0 aromatic carbocycles. The van der Waals surface area contributed by atoms with E-state index < -0.39 is 6.10 Å². The Bertz CT molecular complexity index is 315. The van der Waals surface area contributed by atoms with Crippen molar-refractivity contribution >= 4 is 5.78 Å². The van der Waals surface area contributed by atoms with Crippen molar-refractivity contribution < 1.29 is 9.90 Å². The zero-order valence-corrected chi connectivity index (χ0v) is 11.8. The fourth-order valence-electron chi connectivity index (χ4n) is 2.88. The Morgan fingerprint density at radius 2 is 2.18 bits per heavy atom. The van der Waals surface area contributed by atoms with Gasteiger partial charge in [-0.1, -0.05) is 32.4 Å². The van der Waals surface area contributed by atoms with Gasteiger partial charge in [0.25, 0.3) is 0 Å². The van der Waals surface area contributed by atoms with Crippen molar-refractivity contribution in [2.24, 2.45) is 17.3 Å². The van der Waals surface area contributed by atoms with Crippen LogP contribution < -0.4 is 0 Å². The van der Waals surface area contributed by atoms with Crippen molar-refractivity contribution in [2.75, 3.05) is 0 Å². The summed E-state index contributed by atoms with van der Waals surface area (Å²) in [5, 5.41) is 10.2. The Balaban J connectivity index is 2.64. The summed E-state index contributed by atoms with van der Waals surface area (Å²) < 4.78 is 0. The molecule has 0 amide bonds. The Morgan fingerprint density at radius 3 is 2.53 bits per heavy atom. The first-order valence-corrected chi connectivity index (χ1v) is 6.66. The van der Waals surface area contributed by atoms with Gasteiger partial charge in [0.1, 0.15) is 5.78 Å². The van der Waals surface area contributed by atoms with E-state index in [1.54, 1.807) is 6.92 Å². The smallest absolute Gasteiger partial charge is 0.135 e. The maximum absolute atomic E-state index is 11.4. The summed E-state index contributed by atoms with van der Waals surface area (Å²) in [6.07, 6.45) is 4.28. The van der Waals surface area contributed by atoms with E-state index in [0.29, 0.717) is 5.92 Å². The summed E-state index contributed by atoms with van der Waals surface area (Å²) >= 11 is 0. The van der Waals surface area contributed by atoms with Gasteiger partial charge in [0.15, 0.2) is 0 Å². The average molecular weight is 238 g/mol. The number of carbonyl (C=O) groups is 1. The van der Waals surface area contributed by atoms with E-state index in [1.807, 2.05) is 6.92 Å². The molecule has 0 aromatic rings. The normalized spacial score (nSPS) is 26.5. The highest BCUT2D eigenvalue weighted by atomic mass is 16.3. The third kappa shape index (κ3) is 2.98. The number of allylic oxidation sites excluding steroid dienone is 2. The molecule has 0 spiro atoms. The number of aliphatic hydroxyl groups is 1. The molecular weight excluding hydrogens is 212 g/mol. The van der Waals surface area contributed by atoms with Crippen molar-refractivity contribution in [1.29, 1.82) is 0 Å². The molecule has 98 valence electrons. The molecule has 0 fully saturated rings. The van der Waals surface area contributed by atoms with Crippen LogP contribution in [0.3, 0.4) is 0 Å². The van der Waals surface area contributed by atoms with E-state index in [2.05, 4.69) is 26.8 Å². The van der Waals surface area contributed by atoms with Crippen LogP contribution in [0.5, 0.6) is 0 Å². The quantitative estimate of drug-likeness (QED) is 0.746. The summed E-state index contributed by atoms with van der Waals surface area (Å²) in [5.41, 5.74) is 1.57. The lowest BCUT2D eigenvalue weighted by molar-refractivity contribution is -0.124. The van der Waals surface area contributed by atoms with E-state index in [0.717, 1.165) is 19.3 Å². The largest absolute Gasteiger partial charge is 0.392 e. The van der Waals surface area contributed by atoms with E-state index in [4.69, 9.17) is 0 Å². The van der Waals surface area contributed by atoms with Gasteiger partial charge in [-0.3, -0.25) is 4.79 Å². The predicted molar refractivity (Wildman–Crippen MR) is 70.7 cm³/mol. The van der Waals surface area contributed by atoms with Crippen molar-refractivity contribution in [3.8, 4) is 0 Å². The first-order valence-electron chi connectivity index (χ1n) is 6.66. The number of carbonyl (C=O) groups excluding carboxylic acids is 1. The lowest BCUT2D eigenvalue weighted by Crippen LogP contribution is -2.32. The number of rotatable bonds is 5. The van der Waals surface area contributed by atoms with Crippen molar-refractivity contribution in [3.05, 3.63) is 11.6 Å². The van der Waals surface area contributed by atoms with Gasteiger partial charge < -0.3 is 5.11 Å². The lowest BCUT2D eigenvalue weighted by Gasteiger charge is -2.32. The molecule has 0 bridgehead atoms. The molecule has 3 atom stereocenters. The SMILES string of the molecule is CCC(C(C)=O)C(O)C[C@H]1CC=C(C)C1(C)C.